The van der Waals surface area contributed by atoms with Crippen molar-refractivity contribution < 1.29 is 9.59 Å². The van der Waals surface area contributed by atoms with Crippen molar-refractivity contribution in [2.75, 3.05) is 5.32 Å². The number of para-hydroxylation sites is 1. The van der Waals surface area contributed by atoms with Crippen molar-refractivity contribution in [3.8, 4) is 0 Å². The Morgan fingerprint density at radius 2 is 1.27 bits per heavy atom. The summed E-state index contributed by atoms with van der Waals surface area (Å²) in [5.41, 5.74) is 2.19. The molecule has 4 nitrogen and oxygen atoms in total. The Morgan fingerprint density at radius 1 is 0.731 bits per heavy atom. The summed E-state index contributed by atoms with van der Waals surface area (Å²) >= 11 is 0. The highest BCUT2D eigenvalue weighted by Gasteiger charge is 2.19. The van der Waals surface area contributed by atoms with Crippen molar-refractivity contribution >= 4 is 17.5 Å². The minimum absolute atomic E-state index is 0.150. The first kappa shape index (κ1) is 17.4. The van der Waals surface area contributed by atoms with E-state index < -0.39 is 6.04 Å². The Labute approximate surface area is 152 Å². The molecule has 1 unspecified atom stereocenters. The lowest BCUT2D eigenvalue weighted by Crippen LogP contribution is -2.31. The zero-order valence-electron chi connectivity index (χ0n) is 14.3. The van der Waals surface area contributed by atoms with Gasteiger partial charge in [-0.15, -0.1) is 0 Å². The van der Waals surface area contributed by atoms with Crippen molar-refractivity contribution in [2.45, 2.75) is 12.5 Å². The molecule has 26 heavy (non-hydrogen) atoms. The van der Waals surface area contributed by atoms with Gasteiger partial charge in [0, 0.05) is 11.3 Å². The van der Waals surface area contributed by atoms with E-state index in [1.807, 2.05) is 78.9 Å². The fourth-order valence-corrected chi connectivity index (χ4v) is 2.69. The molecule has 0 bridgehead atoms. The third-order valence-electron chi connectivity index (χ3n) is 3.99. The molecule has 3 rings (SSSR count). The molecule has 0 spiro atoms. The Hall–Kier alpha value is -3.40. The molecule has 1 atom stereocenters. The van der Waals surface area contributed by atoms with E-state index >= 15 is 0 Å². The highest BCUT2D eigenvalue weighted by atomic mass is 16.2. The van der Waals surface area contributed by atoms with Crippen LogP contribution in [0.1, 0.15) is 28.4 Å². The lowest BCUT2D eigenvalue weighted by Gasteiger charge is -2.19. The molecule has 0 aliphatic heterocycles. The summed E-state index contributed by atoms with van der Waals surface area (Å²) in [4.78, 5) is 25.0. The van der Waals surface area contributed by atoms with Gasteiger partial charge in [0.05, 0.1) is 12.5 Å². The van der Waals surface area contributed by atoms with Gasteiger partial charge in [-0.3, -0.25) is 9.59 Å². The minimum atomic E-state index is -0.410. The van der Waals surface area contributed by atoms with Crippen LogP contribution in [0.3, 0.4) is 0 Å². The van der Waals surface area contributed by atoms with Gasteiger partial charge in [0.25, 0.3) is 5.91 Å². The summed E-state index contributed by atoms with van der Waals surface area (Å²) < 4.78 is 0. The van der Waals surface area contributed by atoms with Gasteiger partial charge in [-0.05, 0) is 29.8 Å². The molecule has 3 aromatic rings. The van der Waals surface area contributed by atoms with Gasteiger partial charge >= 0.3 is 0 Å². The normalized spacial score (nSPS) is 11.4. The summed E-state index contributed by atoms with van der Waals surface area (Å²) in [6, 6.07) is 27.4. The van der Waals surface area contributed by atoms with Crippen LogP contribution < -0.4 is 10.6 Å². The number of carbonyl (C=O) groups excluding carboxylic acids is 2. The average Bonchev–Trinajstić information content (AvgIpc) is 2.69. The molecule has 0 aliphatic rings. The molecule has 0 aromatic heterocycles. The second-order valence-corrected chi connectivity index (χ2v) is 5.92. The van der Waals surface area contributed by atoms with Crippen LogP contribution in [0.25, 0.3) is 0 Å². The standard InChI is InChI=1S/C22H20N2O2/c25-21(23-19-14-8-3-9-15-19)16-20(17-10-4-1-5-11-17)24-22(26)18-12-6-2-7-13-18/h1-15,20H,16H2,(H,23,25)(H,24,26). The molecule has 0 fully saturated rings. The second-order valence-electron chi connectivity index (χ2n) is 5.92. The number of hydrogen-bond donors (Lipinski definition) is 2. The van der Waals surface area contributed by atoms with Crippen molar-refractivity contribution in [3.05, 3.63) is 102 Å². The van der Waals surface area contributed by atoms with E-state index in [1.54, 1.807) is 12.1 Å². The zero-order chi connectivity index (χ0) is 18.2. The van der Waals surface area contributed by atoms with E-state index in [1.165, 1.54) is 0 Å². The van der Waals surface area contributed by atoms with Crippen molar-refractivity contribution in [1.29, 1.82) is 0 Å². The molecular formula is C22H20N2O2. The van der Waals surface area contributed by atoms with Crippen LogP contribution in [-0.4, -0.2) is 11.8 Å². The summed E-state index contributed by atoms with van der Waals surface area (Å²) in [5.74, 6) is -0.356. The van der Waals surface area contributed by atoms with Crippen LogP contribution in [0.2, 0.25) is 0 Å². The molecule has 0 saturated heterocycles. The molecule has 2 N–H and O–H groups in total. The number of nitrogens with one attached hydrogen (secondary N) is 2. The van der Waals surface area contributed by atoms with Crippen LogP contribution in [-0.2, 0) is 4.79 Å². The van der Waals surface area contributed by atoms with Crippen LogP contribution in [0.5, 0.6) is 0 Å². The minimum Gasteiger partial charge on any atom is -0.345 e. The van der Waals surface area contributed by atoms with Crippen LogP contribution in [0.15, 0.2) is 91.0 Å². The maximum absolute atomic E-state index is 12.5. The summed E-state index contributed by atoms with van der Waals surface area (Å²) in [6.07, 6.45) is 0.150. The quantitative estimate of drug-likeness (QED) is 0.704. The molecule has 0 radical (unpaired) electrons. The molecule has 0 aliphatic carbocycles. The van der Waals surface area contributed by atoms with E-state index in [9.17, 15) is 9.59 Å². The molecular weight excluding hydrogens is 324 g/mol. The van der Waals surface area contributed by atoms with Gasteiger partial charge in [-0.25, -0.2) is 0 Å². The lowest BCUT2D eigenvalue weighted by molar-refractivity contribution is -0.116. The van der Waals surface area contributed by atoms with E-state index in [-0.39, 0.29) is 18.2 Å². The Balaban J connectivity index is 1.73. The second kappa shape index (κ2) is 8.62. The Bertz CT molecular complexity index is 849. The third kappa shape index (κ3) is 4.80. The Morgan fingerprint density at radius 3 is 1.88 bits per heavy atom. The van der Waals surface area contributed by atoms with E-state index in [2.05, 4.69) is 10.6 Å². The molecule has 3 aromatic carbocycles. The number of carbonyl (C=O) groups is 2. The molecule has 2 amide bonds. The predicted molar refractivity (Wildman–Crippen MR) is 103 cm³/mol. The van der Waals surface area contributed by atoms with Crippen molar-refractivity contribution in [2.24, 2.45) is 0 Å². The van der Waals surface area contributed by atoms with Gasteiger partial charge in [0.15, 0.2) is 0 Å². The summed E-state index contributed by atoms with van der Waals surface area (Å²) in [7, 11) is 0. The average molecular weight is 344 g/mol. The smallest absolute Gasteiger partial charge is 0.251 e. The van der Waals surface area contributed by atoms with Gasteiger partial charge in [-0.2, -0.15) is 0 Å². The number of rotatable bonds is 6. The van der Waals surface area contributed by atoms with Crippen LogP contribution in [0, 0.1) is 0 Å². The van der Waals surface area contributed by atoms with E-state index in [4.69, 9.17) is 0 Å². The maximum Gasteiger partial charge on any atom is 0.251 e. The fourth-order valence-electron chi connectivity index (χ4n) is 2.69. The third-order valence-corrected chi connectivity index (χ3v) is 3.99. The highest BCUT2D eigenvalue weighted by Crippen LogP contribution is 2.19. The molecule has 4 heteroatoms. The lowest BCUT2D eigenvalue weighted by atomic mass is 10.0. The largest absolute Gasteiger partial charge is 0.345 e. The topological polar surface area (TPSA) is 58.2 Å². The summed E-state index contributed by atoms with van der Waals surface area (Å²) in [5, 5.41) is 5.83. The first-order valence-electron chi connectivity index (χ1n) is 8.48. The first-order valence-corrected chi connectivity index (χ1v) is 8.48. The monoisotopic (exact) mass is 344 g/mol. The Kier molecular flexibility index (Phi) is 5.78. The highest BCUT2D eigenvalue weighted by molar-refractivity contribution is 5.95. The zero-order valence-corrected chi connectivity index (χ0v) is 14.3. The molecule has 0 heterocycles. The van der Waals surface area contributed by atoms with Gasteiger partial charge in [0.1, 0.15) is 0 Å². The van der Waals surface area contributed by atoms with Gasteiger partial charge in [-0.1, -0.05) is 66.7 Å². The number of anilines is 1. The van der Waals surface area contributed by atoms with Crippen molar-refractivity contribution in [3.63, 3.8) is 0 Å². The van der Waals surface area contributed by atoms with Crippen LogP contribution >= 0.6 is 0 Å². The number of benzene rings is 3. The molecule has 0 saturated carbocycles. The fraction of sp³-hybridized carbons (Fsp3) is 0.0909. The first-order chi connectivity index (χ1) is 12.7. The predicted octanol–water partition coefficient (Wildman–Crippen LogP) is 4.19. The molecule has 130 valence electrons. The number of amides is 2. The van der Waals surface area contributed by atoms with Gasteiger partial charge < -0.3 is 10.6 Å². The van der Waals surface area contributed by atoms with Gasteiger partial charge in [0.2, 0.25) is 5.91 Å². The van der Waals surface area contributed by atoms with E-state index in [0.29, 0.717) is 5.56 Å². The maximum atomic E-state index is 12.5. The van der Waals surface area contributed by atoms with Crippen molar-refractivity contribution in [1.82, 2.24) is 5.32 Å². The summed E-state index contributed by atoms with van der Waals surface area (Å²) in [6.45, 7) is 0. The number of hydrogen-bond acceptors (Lipinski definition) is 2. The van der Waals surface area contributed by atoms with Crippen LogP contribution in [0.4, 0.5) is 5.69 Å². The SMILES string of the molecule is O=C(CC(NC(=O)c1ccccc1)c1ccccc1)Nc1ccccc1. The van der Waals surface area contributed by atoms with E-state index in [0.717, 1.165) is 11.3 Å².